The Bertz CT molecular complexity index is 480. The number of nitrogens with two attached hydrogens (primary N) is 1. The summed E-state index contributed by atoms with van der Waals surface area (Å²) in [4.78, 5) is 16.4. The summed E-state index contributed by atoms with van der Waals surface area (Å²) in [7, 11) is 0. The minimum Gasteiger partial charge on any atom is -0.379 e. The van der Waals surface area contributed by atoms with Gasteiger partial charge in [-0.25, -0.2) is 4.98 Å². The molecular formula is C12H16BrN3O2. The van der Waals surface area contributed by atoms with Crippen LogP contribution in [0.15, 0.2) is 16.7 Å². The van der Waals surface area contributed by atoms with E-state index in [2.05, 4.69) is 26.2 Å². The number of halogens is 1. The lowest BCUT2D eigenvalue weighted by molar-refractivity contribution is -0.125. The van der Waals surface area contributed by atoms with Crippen LogP contribution in [0.5, 0.6) is 0 Å². The molecule has 1 aliphatic rings. The average molecular weight is 314 g/mol. The Kier molecular flexibility index (Phi) is 3.70. The van der Waals surface area contributed by atoms with Gasteiger partial charge in [-0.05, 0) is 41.4 Å². The van der Waals surface area contributed by atoms with Crippen molar-refractivity contribution >= 4 is 27.7 Å². The van der Waals surface area contributed by atoms with Crippen LogP contribution in [-0.4, -0.2) is 30.1 Å². The number of anilines is 1. The molecule has 2 atom stereocenters. The Morgan fingerprint density at radius 2 is 2.44 bits per heavy atom. The summed E-state index contributed by atoms with van der Waals surface area (Å²) in [5.41, 5.74) is 6.23. The lowest BCUT2D eigenvalue weighted by Crippen LogP contribution is -2.47. The summed E-state index contributed by atoms with van der Waals surface area (Å²) in [6.45, 7) is 4.51. The Morgan fingerprint density at radius 1 is 1.72 bits per heavy atom. The molecule has 6 heteroatoms. The molecule has 0 aromatic carbocycles. The van der Waals surface area contributed by atoms with Crippen molar-refractivity contribution in [1.29, 1.82) is 0 Å². The molecule has 1 saturated heterocycles. The van der Waals surface area contributed by atoms with Crippen LogP contribution in [-0.2, 0) is 9.53 Å². The molecular weight excluding hydrogens is 298 g/mol. The maximum Gasteiger partial charge on any atom is 0.235 e. The number of rotatable bonds is 2. The van der Waals surface area contributed by atoms with Gasteiger partial charge in [0.25, 0.3) is 0 Å². The van der Waals surface area contributed by atoms with Crippen molar-refractivity contribution in [1.82, 2.24) is 4.98 Å². The number of aryl methyl sites for hydroxylation is 1. The molecule has 98 valence electrons. The first-order valence-corrected chi connectivity index (χ1v) is 6.50. The summed E-state index contributed by atoms with van der Waals surface area (Å²) >= 11 is 3.37. The molecule has 2 unspecified atom stereocenters. The Labute approximate surface area is 114 Å². The van der Waals surface area contributed by atoms with E-state index in [0.717, 1.165) is 10.0 Å². The van der Waals surface area contributed by atoms with Crippen LogP contribution >= 0.6 is 15.9 Å². The first kappa shape index (κ1) is 13.5. The highest BCUT2D eigenvalue weighted by Crippen LogP contribution is 2.28. The second kappa shape index (κ2) is 4.95. The summed E-state index contributed by atoms with van der Waals surface area (Å²) in [6, 6.07) is 1.53. The van der Waals surface area contributed by atoms with Gasteiger partial charge in [0.15, 0.2) is 0 Å². The lowest BCUT2D eigenvalue weighted by Gasteiger charge is -2.25. The zero-order chi connectivity index (χ0) is 13.3. The van der Waals surface area contributed by atoms with E-state index < -0.39 is 5.41 Å². The van der Waals surface area contributed by atoms with Crippen molar-refractivity contribution in [2.75, 3.05) is 18.5 Å². The number of aromatic nitrogens is 1. The zero-order valence-corrected chi connectivity index (χ0v) is 12.0. The van der Waals surface area contributed by atoms with E-state index in [4.69, 9.17) is 10.5 Å². The first-order valence-electron chi connectivity index (χ1n) is 5.70. The topological polar surface area (TPSA) is 77.2 Å². The summed E-state index contributed by atoms with van der Waals surface area (Å²) < 4.78 is 6.17. The normalized spacial score (nSPS) is 27.2. The molecule has 3 N–H and O–H groups in total. The van der Waals surface area contributed by atoms with Gasteiger partial charge in [-0.2, -0.15) is 0 Å². The van der Waals surface area contributed by atoms with Crippen LogP contribution in [0.3, 0.4) is 0 Å². The van der Waals surface area contributed by atoms with Gasteiger partial charge in [0.2, 0.25) is 5.91 Å². The van der Waals surface area contributed by atoms with Crippen molar-refractivity contribution in [2.45, 2.75) is 19.9 Å². The molecule has 1 fully saturated rings. The van der Waals surface area contributed by atoms with Crippen molar-refractivity contribution in [3.63, 3.8) is 0 Å². The number of nitrogens with zero attached hydrogens (tertiary/aromatic N) is 1. The zero-order valence-electron chi connectivity index (χ0n) is 10.4. The maximum atomic E-state index is 12.2. The first-order chi connectivity index (χ1) is 8.43. The van der Waals surface area contributed by atoms with Gasteiger partial charge in [0.05, 0.1) is 18.6 Å². The van der Waals surface area contributed by atoms with Crippen LogP contribution < -0.4 is 11.1 Å². The molecule has 0 aliphatic carbocycles. The molecule has 1 aliphatic heterocycles. The minimum atomic E-state index is -0.692. The highest BCUT2D eigenvalue weighted by molar-refractivity contribution is 9.10. The SMILES string of the molecule is Cc1cc(NC(=O)C2(C)COCC2N)ncc1Br. The predicted molar refractivity (Wildman–Crippen MR) is 72.2 cm³/mol. The molecule has 1 aromatic heterocycles. The van der Waals surface area contributed by atoms with Crippen LogP contribution in [0.1, 0.15) is 12.5 Å². The van der Waals surface area contributed by atoms with Crippen molar-refractivity contribution < 1.29 is 9.53 Å². The smallest absolute Gasteiger partial charge is 0.235 e. The third-order valence-corrected chi connectivity index (χ3v) is 4.16. The number of nitrogens with one attached hydrogen (secondary N) is 1. The van der Waals surface area contributed by atoms with Gasteiger partial charge < -0.3 is 15.8 Å². The van der Waals surface area contributed by atoms with Crippen molar-refractivity contribution in [3.05, 3.63) is 22.3 Å². The number of pyridine rings is 1. The lowest BCUT2D eigenvalue weighted by atomic mass is 9.85. The van der Waals surface area contributed by atoms with Gasteiger partial charge in [-0.3, -0.25) is 4.79 Å². The van der Waals surface area contributed by atoms with Crippen LogP contribution in [0.25, 0.3) is 0 Å². The number of carbonyl (C=O) groups excluding carboxylic acids is 1. The molecule has 0 saturated carbocycles. The van der Waals surface area contributed by atoms with Gasteiger partial charge >= 0.3 is 0 Å². The average Bonchev–Trinajstić information content (AvgIpc) is 2.66. The number of amides is 1. The van der Waals surface area contributed by atoms with Crippen molar-refractivity contribution in [3.8, 4) is 0 Å². The number of ether oxygens (including phenoxy) is 1. The van der Waals surface area contributed by atoms with Gasteiger partial charge in [-0.15, -0.1) is 0 Å². The van der Waals surface area contributed by atoms with E-state index in [1.807, 2.05) is 19.9 Å². The molecule has 2 heterocycles. The Hall–Kier alpha value is -0.980. The van der Waals surface area contributed by atoms with Crippen LogP contribution in [0, 0.1) is 12.3 Å². The third-order valence-electron chi connectivity index (χ3n) is 3.32. The second-order valence-corrected chi connectivity index (χ2v) is 5.67. The van der Waals surface area contributed by atoms with Gasteiger partial charge in [0, 0.05) is 16.7 Å². The summed E-state index contributed by atoms with van der Waals surface area (Å²) in [5.74, 6) is 0.378. The molecule has 0 radical (unpaired) electrons. The summed E-state index contributed by atoms with van der Waals surface area (Å²) in [6.07, 6.45) is 1.67. The third kappa shape index (κ3) is 2.41. The fourth-order valence-electron chi connectivity index (χ4n) is 1.79. The van der Waals surface area contributed by atoms with Crippen LogP contribution in [0.4, 0.5) is 5.82 Å². The van der Waals surface area contributed by atoms with E-state index in [1.54, 1.807) is 6.20 Å². The molecule has 1 aromatic rings. The maximum absolute atomic E-state index is 12.2. The molecule has 1 amide bonds. The Morgan fingerprint density at radius 3 is 3.00 bits per heavy atom. The van der Waals surface area contributed by atoms with E-state index in [9.17, 15) is 4.79 Å². The van der Waals surface area contributed by atoms with E-state index >= 15 is 0 Å². The van der Waals surface area contributed by atoms with Crippen molar-refractivity contribution in [2.24, 2.45) is 11.1 Å². The Balaban J connectivity index is 2.14. The highest BCUT2D eigenvalue weighted by Gasteiger charge is 2.44. The highest BCUT2D eigenvalue weighted by atomic mass is 79.9. The van der Waals surface area contributed by atoms with E-state index in [1.165, 1.54) is 0 Å². The molecule has 18 heavy (non-hydrogen) atoms. The quantitative estimate of drug-likeness (QED) is 0.866. The molecule has 5 nitrogen and oxygen atoms in total. The summed E-state index contributed by atoms with van der Waals surface area (Å²) in [5, 5.41) is 2.79. The van der Waals surface area contributed by atoms with Crippen LogP contribution in [0.2, 0.25) is 0 Å². The van der Waals surface area contributed by atoms with E-state index in [0.29, 0.717) is 19.0 Å². The second-order valence-electron chi connectivity index (χ2n) is 4.81. The molecule has 0 bridgehead atoms. The minimum absolute atomic E-state index is 0.151. The largest absolute Gasteiger partial charge is 0.379 e. The number of carbonyl (C=O) groups is 1. The number of hydrogen-bond donors (Lipinski definition) is 2. The van der Waals surface area contributed by atoms with E-state index in [-0.39, 0.29) is 11.9 Å². The molecule has 2 rings (SSSR count). The molecule has 0 spiro atoms. The fraction of sp³-hybridized carbons (Fsp3) is 0.500. The van der Waals surface area contributed by atoms with Gasteiger partial charge in [0.1, 0.15) is 5.82 Å². The fourth-order valence-corrected chi connectivity index (χ4v) is 2.01. The van der Waals surface area contributed by atoms with Gasteiger partial charge in [-0.1, -0.05) is 0 Å². The predicted octanol–water partition coefficient (Wildman–Crippen LogP) is 1.45. The monoisotopic (exact) mass is 313 g/mol. The standard InChI is InChI=1S/C12H16BrN3O2/c1-7-3-10(15-4-8(7)13)16-11(17)12(2)6-18-5-9(12)14/h3-4,9H,5-6,14H2,1-2H3,(H,15,16,17). The number of hydrogen-bond acceptors (Lipinski definition) is 4.